The summed E-state index contributed by atoms with van der Waals surface area (Å²) in [6, 6.07) is 1.41. The Kier molecular flexibility index (Phi) is 4.28. The van der Waals surface area contributed by atoms with Crippen LogP contribution in [0.4, 0.5) is 14.6 Å². The van der Waals surface area contributed by atoms with Gasteiger partial charge < -0.3 is 10.2 Å². The average molecular weight is 338 g/mol. The number of amides is 2. The molecule has 3 heterocycles. The first-order valence-electron chi connectivity index (χ1n) is 7.40. The molecule has 1 aliphatic rings. The molecule has 0 atom stereocenters. The quantitative estimate of drug-likeness (QED) is 0.881. The molecule has 3 rings (SSSR count). The van der Waals surface area contributed by atoms with Crippen LogP contribution in [0.25, 0.3) is 0 Å². The van der Waals surface area contributed by atoms with Crippen molar-refractivity contribution in [3.8, 4) is 0 Å². The molecule has 0 spiro atoms. The molecule has 24 heavy (non-hydrogen) atoms. The van der Waals surface area contributed by atoms with Crippen molar-refractivity contribution in [2.45, 2.75) is 19.4 Å². The molecule has 1 saturated heterocycles. The minimum atomic E-state index is -2.54. The van der Waals surface area contributed by atoms with Crippen LogP contribution >= 0.6 is 0 Å². The number of nitrogens with zero attached hydrogens (tertiary/aromatic N) is 5. The van der Waals surface area contributed by atoms with Gasteiger partial charge in [-0.2, -0.15) is 10.2 Å². The molecule has 0 bridgehead atoms. The largest absolute Gasteiger partial charge is 0.338 e. The molecule has 2 amide bonds. The minimum Gasteiger partial charge on any atom is -0.338 e. The Labute approximate surface area is 136 Å². The van der Waals surface area contributed by atoms with E-state index < -0.39 is 18.9 Å². The van der Waals surface area contributed by atoms with Gasteiger partial charge in [0.2, 0.25) is 0 Å². The minimum absolute atomic E-state index is 0.107. The summed E-state index contributed by atoms with van der Waals surface area (Å²) in [4.78, 5) is 26.4. The van der Waals surface area contributed by atoms with Gasteiger partial charge in [0, 0.05) is 32.4 Å². The Bertz CT molecular complexity index is 765. The molecule has 10 heteroatoms. The van der Waals surface area contributed by atoms with Crippen molar-refractivity contribution in [1.82, 2.24) is 24.5 Å². The predicted molar refractivity (Wildman–Crippen MR) is 79.9 cm³/mol. The highest BCUT2D eigenvalue weighted by molar-refractivity contribution is 6.10. The summed E-state index contributed by atoms with van der Waals surface area (Å²) in [5.41, 5.74) is 0.317. The van der Waals surface area contributed by atoms with Crippen LogP contribution in [0.15, 0.2) is 18.5 Å². The molecule has 0 unspecified atom stereocenters. The SMILES string of the molecule is Cn1ncc(C(=O)N2CCC2)c1C(=O)Nc1ccn(CC(F)F)n1. The summed E-state index contributed by atoms with van der Waals surface area (Å²) in [6.45, 7) is 0.764. The third kappa shape index (κ3) is 3.12. The lowest BCUT2D eigenvalue weighted by molar-refractivity contribution is 0.0648. The molecular formula is C14H16F2N6O2. The number of nitrogens with one attached hydrogen (secondary N) is 1. The Balaban J connectivity index is 1.76. The third-order valence-electron chi connectivity index (χ3n) is 3.73. The van der Waals surface area contributed by atoms with E-state index >= 15 is 0 Å². The van der Waals surface area contributed by atoms with E-state index in [-0.39, 0.29) is 23.0 Å². The number of hydrogen-bond donors (Lipinski definition) is 1. The predicted octanol–water partition coefficient (Wildman–Crippen LogP) is 0.980. The molecule has 0 aliphatic carbocycles. The van der Waals surface area contributed by atoms with Crippen LogP contribution in [0, 0.1) is 0 Å². The maximum atomic E-state index is 12.4. The van der Waals surface area contributed by atoms with E-state index in [1.165, 1.54) is 23.1 Å². The summed E-state index contributed by atoms with van der Waals surface area (Å²) >= 11 is 0. The topological polar surface area (TPSA) is 85.0 Å². The van der Waals surface area contributed by atoms with Crippen molar-refractivity contribution in [2.75, 3.05) is 18.4 Å². The van der Waals surface area contributed by atoms with Crippen molar-refractivity contribution in [1.29, 1.82) is 0 Å². The van der Waals surface area contributed by atoms with Crippen molar-refractivity contribution < 1.29 is 18.4 Å². The monoisotopic (exact) mass is 338 g/mol. The molecule has 2 aromatic rings. The van der Waals surface area contributed by atoms with Crippen molar-refractivity contribution in [2.24, 2.45) is 7.05 Å². The van der Waals surface area contributed by atoms with E-state index in [0.717, 1.165) is 11.1 Å². The van der Waals surface area contributed by atoms with Crippen LogP contribution in [0.5, 0.6) is 0 Å². The highest BCUT2D eigenvalue weighted by Crippen LogP contribution is 2.17. The second kappa shape index (κ2) is 6.38. The Morgan fingerprint density at radius 2 is 2.12 bits per heavy atom. The Hall–Kier alpha value is -2.78. The highest BCUT2D eigenvalue weighted by atomic mass is 19.3. The summed E-state index contributed by atoms with van der Waals surface area (Å²) in [5, 5.41) is 10.3. The number of aryl methyl sites for hydroxylation is 1. The van der Waals surface area contributed by atoms with Gasteiger partial charge in [0.05, 0.1) is 11.8 Å². The lowest BCUT2D eigenvalue weighted by atomic mass is 10.1. The van der Waals surface area contributed by atoms with Crippen LogP contribution in [-0.4, -0.2) is 55.8 Å². The molecule has 8 nitrogen and oxygen atoms in total. The fourth-order valence-corrected chi connectivity index (χ4v) is 2.40. The molecule has 1 N–H and O–H groups in total. The van der Waals surface area contributed by atoms with E-state index in [0.29, 0.717) is 13.1 Å². The van der Waals surface area contributed by atoms with Gasteiger partial charge in [0.1, 0.15) is 12.2 Å². The number of rotatable bonds is 5. The lowest BCUT2D eigenvalue weighted by Crippen LogP contribution is -2.42. The van der Waals surface area contributed by atoms with Gasteiger partial charge in [-0.15, -0.1) is 0 Å². The average Bonchev–Trinajstić information content (AvgIpc) is 3.02. The van der Waals surface area contributed by atoms with Crippen molar-refractivity contribution in [3.05, 3.63) is 29.7 Å². The fourth-order valence-electron chi connectivity index (χ4n) is 2.40. The second-order valence-corrected chi connectivity index (χ2v) is 5.44. The molecule has 2 aromatic heterocycles. The van der Waals surface area contributed by atoms with Gasteiger partial charge in [-0.3, -0.25) is 19.0 Å². The first-order chi connectivity index (χ1) is 11.5. The zero-order valence-electron chi connectivity index (χ0n) is 12.9. The maximum absolute atomic E-state index is 12.4. The van der Waals surface area contributed by atoms with Crippen LogP contribution in [0.3, 0.4) is 0 Å². The van der Waals surface area contributed by atoms with E-state index in [1.807, 2.05) is 0 Å². The van der Waals surface area contributed by atoms with E-state index in [2.05, 4.69) is 15.5 Å². The molecule has 128 valence electrons. The first kappa shape index (κ1) is 16.1. The molecule has 1 aliphatic heterocycles. The standard InChI is InChI=1S/C14H16F2N6O2/c1-20-12(9(7-17-20)14(24)21-4-2-5-21)13(23)18-11-3-6-22(19-11)8-10(15)16/h3,6-7,10H,2,4-5,8H2,1H3,(H,18,19,23). The van der Waals surface area contributed by atoms with Gasteiger partial charge in [-0.25, -0.2) is 8.78 Å². The summed E-state index contributed by atoms with van der Waals surface area (Å²) in [6.07, 6.45) is 1.10. The molecule has 0 radical (unpaired) electrons. The smallest absolute Gasteiger partial charge is 0.275 e. The molecular weight excluding hydrogens is 322 g/mol. The fraction of sp³-hybridized carbons (Fsp3) is 0.429. The first-order valence-corrected chi connectivity index (χ1v) is 7.40. The number of carbonyl (C=O) groups excluding carboxylic acids is 2. The van der Waals surface area contributed by atoms with Gasteiger partial charge >= 0.3 is 0 Å². The summed E-state index contributed by atoms with van der Waals surface area (Å²) in [5.74, 6) is -0.687. The van der Waals surface area contributed by atoms with Crippen LogP contribution in [0.2, 0.25) is 0 Å². The van der Waals surface area contributed by atoms with Gasteiger partial charge in [-0.05, 0) is 6.42 Å². The van der Waals surface area contributed by atoms with Gasteiger partial charge in [0.15, 0.2) is 5.82 Å². The molecule has 0 aromatic carbocycles. The number of alkyl halides is 2. The third-order valence-corrected chi connectivity index (χ3v) is 3.73. The van der Waals surface area contributed by atoms with Crippen LogP contribution in [0.1, 0.15) is 27.3 Å². The highest BCUT2D eigenvalue weighted by Gasteiger charge is 2.28. The van der Waals surface area contributed by atoms with Crippen molar-refractivity contribution in [3.63, 3.8) is 0 Å². The number of anilines is 1. The normalized spacial score (nSPS) is 13.9. The number of hydrogen-bond acceptors (Lipinski definition) is 4. The number of carbonyl (C=O) groups is 2. The van der Waals surface area contributed by atoms with E-state index in [1.54, 1.807) is 11.9 Å². The molecule has 1 fully saturated rings. The second-order valence-electron chi connectivity index (χ2n) is 5.44. The zero-order valence-corrected chi connectivity index (χ0v) is 12.9. The van der Waals surface area contributed by atoms with Crippen LogP contribution < -0.4 is 5.32 Å². The number of aromatic nitrogens is 4. The summed E-state index contributed by atoms with van der Waals surface area (Å²) in [7, 11) is 1.55. The lowest BCUT2D eigenvalue weighted by Gasteiger charge is -2.30. The zero-order chi connectivity index (χ0) is 17.3. The van der Waals surface area contributed by atoms with E-state index in [4.69, 9.17) is 0 Å². The van der Waals surface area contributed by atoms with E-state index in [9.17, 15) is 18.4 Å². The summed E-state index contributed by atoms with van der Waals surface area (Å²) < 4.78 is 27.0. The molecule has 0 saturated carbocycles. The number of likely N-dealkylation sites (tertiary alicyclic amines) is 1. The maximum Gasteiger partial charge on any atom is 0.275 e. The van der Waals surface area contributed by atoms with Gasteiger partial charge in [0.25, 0.3) is 18.2 Å². The van der Waals surface area contributed by atoms with Gasteiger partial charge in [-0.1, -0.05) is 0 Å². The number of halogens is 2. The Morgan fingerprint density at radius 3 is 2.75 bits per heavy atom. The van der Waals surface area contributed by atoms with Crippen molar-refractivity contribution >= 4 is 17.6 Å². The van der Waals surface area contributed by atoms with Crippen LogP contribution in [-0.2, 0) is 13.6 Å². The Morgan fingerprint density at radius 1 is 1.38 bits per heavy atom.